The molecular weight excluding hydrogens is 284 g/mol. The normalized spacial score (nSPS) is 11.9. The van der Waals surface area contributed by atoms with Gasteiger partial charge in [0.25, 0.3) is 10.0 Å². The van der Waals surface area contributed by atoms with Crippen LogP contribution in [-0.2, 0) is 23.2 Å². The molecule has 0 aliphatic carbocycles. The fourth-order valence-electron chi connectivity index (χ4n) is 1.54. The zero-order chi connectivity index (χ0) is 13.9. The molecule has 0 spiro atoms. The number of thiophene rings is 1. The lowest BCUT2D eigenvalue weighted by Crippen LogP contribution is -2.26. The quantitative estimate of drug-likeness (QED) is 0.907. The number of aromatic nitrogens is 1. The Hall–Kier alpha value is -1.28. The third-order valence-corrected chi connectivity index (χ3v) is 5.91. The fraction of sp³-hybridized carbons (Fsp3) is 0.250. The van der Waals surface area contributed by atoms with Crippen molar-refractivity contribution < 1.29 is 13.5 Å². The van der Waals surface area contributed by atoms with Crippen molar-refractivity contribution in [2.75, 3.05) is 7.05 Å². The highest BCUT2D eigenvalue weighted by Gasteiger charge is 2.23. The van der Waals surface area contributed by atoms with Crippen LogP contribution >= 0.6 is 11.3 Å². The first kappa shape index (κ1) is 14.1. The Morgan fingerprint density at radius 1 is 1.32 bits per heavy atom. The summed E-state index contributed by atoms with van der Waals surface area (Å²) in [5.41, 5.74) is 0.688. The molecule has 0 fully saturated rings. The molecule has 0 aromatic carbocycles. The van der Waals surface area contributed by atoms with Crippen LogP contribution in [0.25, 0.3) is 0 Å². The van der Waals surface area contributed by atoms with E-state index in [2.05, 4.69) is 4.98 Å². The van der Waals surface area contributed by atoms with E-state index in [-0.39, 0.29) is 17.4 Å². The highest BCUT2D eigenvalue weighted by Crippen LogP contribution is 2.24. The van der Waals surface area contributed by atoms with Crippen LogP contribution in [0.1, 0.15) is 10.6 Å². The second kappa shape index (κ2) is 5.79. The van der Waals surface area contributed by atoms with E-state index in [1.807, 2.05) is 6.07 Å². The monoisotopic (exact) mass is 298 g/mol. The van der Waals surface area contributed by atoms with Gasteiger partial charge in [-0.25, -0.2) is 8.42 Å². The van der Waals surface area contributed by atoms with Crippen LogP contribution < -0.4 is 0 Å². The lowest BCUT2D eigenvalue weighted by Gasteiger charge is -2.15. The van der Waals surface area contributed by atoms with Crippen molar-refractivity contribution in [1.29, 1.82) is 0 Å². The van der Waals surface area contributed by atoms with Gasteiger partial charge in [-0.15, -0.1) is 11.3 Å². The van der Waals surface area contributed by atoms with Gasteiger partial charge < -0.3 is 5.11 Å². The topological polar surface area (TPSA) is 70.5 Å². The van der Waals surface area contributed by atoms with E-state index in [0.717, 1.165) is 11.3 Å². The summed E-state index contributed by atoms with van der Waals surface area (Å²) in [6.07, 6.45) is 1.63. The van der Waals surface area contributed by atoms with Crippen molar-refractivity contribution in [1.82, 2.24) is 9.29 Å². The summed E-state index contributed by atoms with van der Waals surface area (Å²) in [6, 6.07) is 8.51. The minimum atomic E-state index is -3.53. The van der Waals surface area contributed by atoms with Gasteiger partial charge in [-0.1, -0.05) is 6.07 Å². The van der Waals surface area contributed by atoms with Gasteiger partial charge in [0.15, 0.2) is 0 Å². The van der Waals surface area contributed by atoms with Gasteiger partial charge in [0.1, 0.15) is 4.21 Å². The summed E-state index contributed by atoms with van der Waals surface area (Å²) in [5, 5.41) is 8.98. The molecule has 102 valence electrons. The predicted octanol–water partition coefficient (Wildman–Crippen LogP) is 1.46. The van der Waals surface area contributed by atoms with Crippen LogP contribution in [0.4, 0.5) is 0 Å². The molecule has 0 aliphatic rings. The van der Waals surface area contributed by atoms with E-state index in [1.165, 1.54) is 17.4 Å². The molecule has 0 amide bonds. The van der Waals surface area contributed by atoms with Crippen LogP contribution in [-0.4, -0.2) is 29.9 Å². The summed E-state index contributed by atoms with van der Waals surface area (Å²) in [4.78, 5) is 4.73. The lowest BCUT2D eigenvalue weighted by atomic mass is 10.3. The van der Waals surface area contributed by atoms with Crippen molar-refractivity contribution in [3.8, 4) is 0 Å². The Labute approximate surface area is 116 Å². The van der Waals surface area contributed by atoms with E-state index in [0.29, 0.717) is 10.6 Å². The van der Waals surface area contributed by atoms with Gasteiger partial charge in [-0.3, -0.25) is 4.98 Å². The maximum Gasteiger partial charge on any atom is 0.252 e. The second-order valence-corrected chi connectivity index (χ2v) is 7.40. The van der Waals surface area contributed by atoms with Crippen LogP contribution in [0.3, 0.4) is 0 Å². The SMILES string of the molecule is CN(Cc1ccccn1)S(=O)(=O)c1ccc(CO)s1. The molecule has 0 atom stereocenters. The van der Waals surface area contributed by atoms with Crippen LogP contribution in [0.5, 0.6) is 0 Å². The van der Waals surface area contributed by atoms with Gasteiger partial charge in [0, 0.05) is 18.1 Å². The van der Waals surface area contributed by atoms with E-state index in [1.54, 1.807) is 24.4 Å². The molecule has 0 aliphatic heterocycles. The van der Waals surface area contributed by atoms with Crippen molar-refractivity contribution in [3.63, 3.8) is 0 Å². The van der Waals surface area contributed by atoms with Gasteiger partial charge in [0.05, 0.1) is 18.8 Å². The van der Waals surface area contributed by atoms with E-state index < -0.39 is 10.0 Å². The van der Waals surface area contributed by atoms with Crippen molar-refractivity contribution in [2.24, 2.45) is 0 Å². The fourth-order valence-corrected chi connectivity index (χ4v) is 4.11. The first-order valence-corrected chi connectivity index (χ1v) is 7.85. The van der Waals surface area contributed by atoms with Crippen molar-refractivity contribution in [3.05, 3.63) is 47.1 Å². The molecule has 0 unspecified atom stereocenters. The Morgan fingerprint density at radius 3 is 2.68 bits per heavy atom. The van der Waals surface area contributed by atoms with Crippen molar-refractivity contribution in [2.45, 2.75) is 17.4 Å². The van der Waals surface area contributed by atoms with E-state index in [4.69, 9.17) is 5.11 Å². The standard InChI is InChI=1S/C12H14N2O3S2/c1-14(8-10-4-2-3-7-13-10)19(16,17)12-6-5-11(9-15)18-12/h2-7,15H,8-9H2,1H3. The minimum absolute atomic E-state index is 0.149. The number of hydrogen-bond acceptors (Lipinski definition) is 5. The molecule has 0 bridgehead atoms. The first-order chi connectivity index (χ1) is 9.04. The summed E-state index contributed by atoms with van der Waals surface area (Å²) in [5.74, 6) is 0. The molecule has 5 nitrogen and oxygen atoms in total. The maximum absolute atomic E-state index is 12.3. The summed E-state index contributed by atoms with van der Waals surface area (Å²) in [7, 11) is -2.01. The average molecular weight is 298 g/mol. The van der Waals surface area contributed by atoms with Gasteiger partial charge in [-0.05, 0) is 24.3 Å². The number of nitrogens with zero attached hydrogens (tertiary/aromatic N) is 2. The molecule has 0 saturated heterocycles. The predicted molar refractivity (Wildman–Crippen MR) is 73.1 cm³/mol. The Morgan fingerprint density at radius 2 is 2.11 bits per heavy atom. The lowest BCUT2D eigenvalue weighted by molar-refractivity contribution is 0.285. The summed E-state index contributed by atoms with van der Waals surface area (Å²) < 4.78 is 26.1. The van der Waals surface area contributed by atoms with E-state index >= 15 is 0 Å². The number of aliphatic hydroxyl groups excluding tert-OH is 1. The maximum atomic E-state index is 12.3. The molecule has 19 heavy (non-hydrogen) atoms. The van der Waals surface area contributed by atoms with Crippen LogP contribution in [0.2, 0.25) is 0 Å². The molecular formula is C12H14N2O3S2. The van der Waals surface area contributed by atoms with Crippen LogP contribution in [0.15, 0.2) is 40.7 Å². The Kier molecular flexibility index (Phi) is 4.31. The third kappa shape index (κ3) is 3.19. The Balaban J connectivity index is 2.19. The summed E-state index contributed by atoms with van der Waals surface area (Å²) >= 11 is 1.08. The molecule has 2 aromatic rings. The second-order valence-electron chi connectivity index (χ2n) is 3.96. The molecule has 0 radical (unpaired) electrons. The number of aliphatic hydroxyl groups is 1. The summed E-state index contributed by atoms with van der Waals surface area (Å²) in [6.45, 7) is 0.0691. The largest absolute Gasteiger partial charge is 0.391 e. The number of pyridine rings is 1. The molecule has 2 rings (SSSR count). The molecule has 0 saturated carbocycles. The van der Waals surface area contributed by atoms with Crippen molar-refractivity contribution >= 4 is 21.4 Å². The zero-order valence-electron chi connectivity index (χ0n) is 10.4. The first-order valence-electron chi connectivity index (χ1n) is 5.60. The highest BCUT2D eigenvalue weighted by atomic mass is 32.2. The average Bonchev–Trinajstić information content (AvgIpc) is 2.89. The molecule has 1 N–H and O–H groups in total. The number of hydrogen-bond donors (Lipinski definition) is 1. The molecule has 2 aromatic heterocycles. The van der Waals surface area contributed by atoms with Gasteiger partial charge in [0.2, 0.25) is 0 Å². The molecule has 2 heterocycles. The van der Waals surface area contributed by atoms with Gasteiger partial charge >= 0.3 is 0 Å². The number of sulfonamides is 1. The zero-order valence-corrected chi connectivity index (χ0v) is 12.0. The van der Waals surface area contributed by atoms with Gasteiger partial charge in [-0.2, -0.15) is 4.31 Å². The Bertz CT molecular complexity index is 638. The highest BCUT2D eigenvalue weighted by molar-refractivity contribution is 7.91. The van der Waals surface area contributed by atoms with Crippen LogP contribution in [0, 0.1) is 0 Å². The smallest absolute Gasteiger partial charge is 0.252 e. The molecule has 7 heteroatoms. The number of rotatable bonds is 5. The van der Waals surface area contributed by atoms with E-state index in [9.17, 15) is 8.42 Å². The minimum Gasteiger partial charge on any atom is -0.391 e. The third-order valence-electron chi connectivity index (χ3n) is 2.57.